The van der Waals surface area contributed by atoms with Crippen molar-refractivity contribution in [3.8, 4) is 16.9 Å². The first kappa shape index (κ1) is 15.1. The molecule has 2 atom stereocenters. The first-order chi connectivity index (χ1) is 9.97. The number of amides is 1. The van der Waals surface area contributed by atoms with Crippen LogP contribution >= 0.6 is 0 Å². The summed E-state index contributed by atoms with van der Waals surface area (Å²) in [5, 5.41) is 9.63. The van der Waals surface area contributed by atoms with Gasteiger partial charge in [-0.2, -0.15) is 0 Å². The lowest BCUT2D eigenvalue weighted by atomic mass is 10.0. The fourth-order valence-electron chi connectivity index (χ4n) is 1.97. The van der Waals surface area contributed by atoms with Gasteiger partial charge in [0.15, 0.2) is 6.10 Å². The molecule has 2 aromatic carbocycles. The van der Waals surface area contributed by atoms with Gasteiger partial charge in [0.1, 0.15) is 5.75 Å². The molecule has 21 heavy (non-hydrogen) atoms. The van der Waals surface area contributed by atoms with Gasteiger partial charge in [-0.1, -0.05) is 30.3 Å². The largest absolute Gasteiger partial charge is 0.481 e. The second-order valence-corrected chi connectivity index (χ2v) is 4.99. The van der Waals surface area contributed by atoms with E-state index in [0.717, 1.165) is 16.7 Å². The third-order valence-electron chi connectivity index (χ3n) is 3.27. The Bertz CT molecular complexity index is 620. The number of hydrogen-bond acceptors (Lipinski definition) is 3. The number of benzene rings is 2. The van der Waals surface area contributed by atoms with Gasteiger partial charge < -0.3 is 15.6 Å². The van der Waals surface area contributed by atoms with Crippen LogP contribution in [0.2, 0.25) is 0 Å². The van der Waals surface area contributed by atoms with Gasteiger partial charge in [-0.05, 0) is 48.7 Å². The molecule has 2 aromatic rings. The van der Waals surface area contributed by atoms with Crippen molar-refractivity contribution >= 4 is 5.91 Å². The van der Waals surface area contributed by atoms with E-state index in [-0.39, 0.29) is 0 Å². The monoisotopic (exact) mass is 285 g/mol. The quantitative estimate of drug-likeness (QED) is 0.887. The van der Waals surface area contributed by atoms with Crippen LogP contribution in [0.4, 0.5) is 0 Å². The van der Waals surface area contributed by atoms with Crippen molar-refractivity contribution in [3.05, 3.63) is 54.1 Å². The molecule has 0 saturated carbocycles. The highest BCUT2D eigenvalue weighted by Gasteiger charge is 2.10. The van der Waals surface area contributed by atoms with Gasteiger partial charge in [0, 0.05) is 0 Å². The Balaban J connectivity index is 2.19. The zero-order valence-electron chi connectivity index (χ0n) is 12.1. The molecule has 0 bridgehead atoms. The minimum Gasteiger partial charge on any atom is -0.481 e. The van der Waals surface area contributed by atoms with Crippen LogP contribution in [0.15, 0.2) is 48.5 Å². The molecule has 0 heterocycles. The Kier molecular flexibility index (Phi) is 4.60. The topological polar surface area (TPSA) is 72.6 Å². The molecule has 0 aliphatic rings. The van der Waals surface area contributed by atoms with Gasteiger partial charge in [-0.3, -0.25) is 4.79 Å². The van der Waals surface area contributed by atoms with Crippen LogP contribution in [0.25, 0.3) is 11.1 Å². The van der Waals surface area contributed by atoms with E-state index >= 15 is 0 Å². The van der Waals surface area contributed by atoms with Crippen LogP contribution in [0, 0.1) is 0 Å². The number of rotatable bonds is 5. The van der Waals surface area contributed by atoms with Gasteiger partial charge in [0.25, 0.3) is 5.91 Å². The molecule has 0 aliphatic carbocycles. The predicted molar refractivity (Wildman–Crippen MR) is 81.8 cm³/mol. The normalized spacial score (nSPS) is 13.5. The average Bonchev–Trinajstić information content (AvgIpc) is 2.48. The van der Waals surface area contributed by atoms with Gasteiger partial charge in [-0.15, -0.1) is 0 Å². The number of primary amides is 1. The van der Waals surface area contributed by atoms with Crippen molar-refractivity contribution in [2.75, 3.05) is 0 Å². The molecule has 0 unspecified atom stereocenters. The molecular formula is C17H19NO3. The molecule has 0 fully saturated rings. The van der Waals surface area contributed by atoms with E-state index in [1.165, 1.54) is 0 Å². The number of aliphatic hydroxyl groups excluding tert-OH is 1. The van der Waals surface area contributed by atoms with Crippen LogP contribution in [0.1, 0.15) is 25.5 Å². The van der Waals surface area contributed by atoms with E-state index in [1.54, 1.807) is 26.0 Å². The highest BCUT2D eigenvalue weighted by Crippen LogP contribution is 2.25. The van der Waals surface area contributed by atoms with E-state index in [2.05, 4.69) is 0 Å². The van der Waals surface area contributed by atoms with Crippen molar-refractivity contribution in [2.24, 2.45) is 5.73 Å². The summed E-state index contributed by atoms with van der Waals surface area (Å²) >= 11 is 0. The summed E-state index contributed by atoms with van der Waals surface area (Å²) in [6.45, 7) is 3.35. The number of carbonyl (C=O) groups excluding carboxylic acids is 1. The third kappa shape index (κ3) is 3.83. The Morgan fingerprint density at radius 2 is 1.76 bits per heavy atom. The first-order valence-electron chi connectivity index (χ1n) is 6.82. The van der Waals surface area contributed by atoms with Crippen molar-refractivity contribution < 1.29 is 14.6 Å². The molecule has 4 heteroatoms. The Labute approximate surface area is 124 Å². The molecule has 0 saturated heterocycles. The maximum atomic E-state index is 11.0. The minimum absolute atomic E-state index is 0.496. The van der Waals surface area contributed by atoms with E-state index in [4.69, 9.17) is 10.5 Å². The second-order valence-electron chi connectivity index (χ2n) is 4.99. The number of hydrogen-bond donors (Lipinski definition) is 2. The van der Waals surface area contributed by atoms with Crippen LogP contribution in [-0.2, 0) is 4.79 Å². The molecule has 0 radical (unpaired) electrons. The summed E-state index contributed by atoms with van der Waals surface area (Å²) in [5.41, 5.74) is 8.06. The molecule has 0 aliphatic heterocycles. The number of carbonyl (C=O) groups is 1. The lowest BCUT2D eigenvalue weighted by molar-refractivity contribution is -0.123. The van der Waals surface area contributed by atoms with Crippen LogP contribution < -0.4 is 10.5 Å². The molecule has 110 valence electrons. The molecular weight excluding hydrogens is 266 g/mol. The Morgan fingerprint density at radius 3 is 2.33 bits per heavy atom. The molecule has 4 nitrogen and oxygen atoms in total. The van der Waals surface area contributed by atoms with Gasteiger partial charge in [0.05, 0.1) is 6.10 Å². The van der Waals surface area contributed by atoms with Crippen molar-refractivity contribution in [1.82, 2.24) is 0 Å². The maximum Gasteiger partial charge on any atom is 0.258 e. The zero-order valence-corrected chi connectivity index (χ0v) is 12.1. The van der Waals surface area contributed by atoms with E-state index < -0.39 is 18.1 Å². The lowest BCUT2D eigenvalue weighted by Crippen LogP contribution is -2.30. The first-order valence-corrected chi connectivity index (χ1v) is 6.82. The predicted octanol–water partition coefficient (Wildman–Crippen LogP) is 2.66. The molecule has 1 amide bonds. The number of nitrogens with two attached hydrogens (primary N) is 1. The Morgan fingerprint density at radius 1 is 1.10 bits per heavy atom. The van der Waals surface area contributed by atoms with Crippen LogP contribution in [0.5, 0.6) is 5.75 Å². The van der Waals surface area contributed by atoms with E-state index in [0.29, 0.717) is 5.75 Å². The maximum absolute atomic E-state index is 11.0. The second kappa shape index (κ2) is 6.41. The summed E-state index contributed by atoms with van der Waals surface area (Å²) < 4.78 is 5.41. The summed E-state index contributed by atoms with van der Waals surface area (Å²) in [7, 11) is 0. The van der Waals surface area contributed by atoms with Crippen LogP contribution in [0.3, 0.4) is 0 Å². The third-order valence-corrected chi connectivity index (χ3v) is 3.27. The highest BCUT2D eigenvalue weighted by atomic mass is 16.5. The number of ether oxygens (including phenoxy) is 1. The summed E-state index contributed by atoms with van der Waals surface area (Å²) in [6.07, 6.45) is -1.15. The zero-order chi connectivity index (χ0) is 15.4. The fraction of sp³-hybridized carbons (Fsp3) is 0.235. The SMILES string of the molecule is C[C@H](Oc1ccc(-c2cccc([C@@H](C)O)c2)cc1)C(N)=O. The van der Waals surface area contributed by atoms with Gasteiger partial charge in [0.2, 0.25) is 0 Å². The van der Waals surface area contributed by atoms with Crippen LogP contribution in [-0.4, -0.2) is 17.1 Å². The summed E-state index contributed by atoms with van der Waals surface area (Å²) in [6, 6.07) is 15.1. The Hall–Kier alpha value is -2.33. The van der Waals surface area contributed by atoms with Crippen molar-refractivity contribution in [3.63, 3.8) is 0 Å². The fourth-order valence-corrected chi connectivity index (χ4v) is 1.97. The molecule has 3 N–H and O–H groups in total. The minimum atomic E-state index is -0.658. The smallest absolute Gasteiger partial charge is 0.258 e. The van der Waals surface area contributed by atoms with E-state index in [1.807, 2.05) is 36.4 Å². The molecule has 2 rings (SSSR count). The van der Waals surface area contributed by atoms with Crippen molar-refractivity contribution in [2.45, 2.75) is 26.1 Å². The van der Waals surface area contributed by atoms with Gasteiger partial charge in [-0.25, -0.2) is 0 Å². The highest BCUT2D eigenvalue weighted by molar-refractivity contribution is 5.78. The number of aliphatic hydroxyl groups is 1. The van der Waals surface area contributed by atoms with Gasteiger partial charge >= 0.3 is 0 Å². The van der Waals surface area contributed by atoms with Crippen molar-refractivity contribution in [1.29, 1.82) is 0 Å². The summed E-state index contributed by atoms with van der Waals surface area (Å²) in [4.78, 5) is 11.0. The molecule has 0 spiro atoms. The lowest BCUT2D eigenvalue weighted by Gasteiger charge is -2.12. The molecule has 0 aromatic heterocycles. The van der Waals surface area contributed by atoms with E-state index in [9.17, 15) is 9.90 Å². The average molecular weight is 285 g/mol. The summed E-state index contributed by atoms with van der Waals surface area (Å²) in [5.74, 6) is 0.0976. The standard InChI is InChI=1S/C17H19NO3/c1-11(19)14-4-3-5-15(10-14)13-6-8-16(9-7-13)21-12(2)17(18)20/h3-12,19H,1-2H3,(H2,18,20)/t11-,12+/m1/s1.